The van der Waals surface area contributed by atoms with Crippen LogP contribution in [0.3, 0.4) is 0 Å². The SMILES string of the molecule is CCNC(=NCC1(CCOC)CCC1)NCC1(CCOC)CCC1.I. The molecule has 2 saturated carbocycles. The van der Waals surface area contributed by atoms with Crippen LogP contribution >= 0.6 is 24.0 Å². The minimum absolute atomic E-state index is 0. The molecule has 2 aliphatic carbocycles. The van der Waals surface area contributed by atoms with Gasteiger partial charge in [0.2, 0.25) is 0 Å². The van der Waals surface area contributed by atoms with E-state index in [9.17, 15) is 0 Å². The van der Waals surface area contributed by atoms with Crippen molar-refractivity contribution in [1.82, 2.24) is 10.6 Å². The topological polar surface area (TPSA) is 54.9 Å². The Kier molecular flexibility index (Phi) is 10.6. The molecule has 0 aliphatic heterocycles. The van der Waals surface area contributed by atoms with Gasteiger partial charge in [-0.25, -0.2) is 0 Å². The average Bonchev–Trinajstić information content (AvgIpc) is 2.52. The number of ether oxygens (including phenoxy) is 2. The van der Waals surface area contributed by atoms with Crippen LogP contribution in [-0.2, 0) is 9.47 Å². The monoisotopic (exact) mass is 467 g/mol. The molecule has 25 heavy (non-hydrogen) atoms. The summed E-state index contributed by atoms with van der Waals surface area (Å²) in [5.74, 6) is 0.977. The summed E-state index contributed by atoms with van der Waals surface area (Å²) in [5, 5.41) is 7.01. The molecule has 0 spiro atoms. The molecule has 0 saturated heterocycles. The Morgan fingerprint density at radius 2 is 1.48 bits per heavy atom. The Bertz CT molecular complexity index is 396. The normalized spacial score (nSPS) is 20.8. The molecule has 2 N–H and O–H groups in total. The maximum absolute atomic E-state index is 5.29. The third kappa shape index (κ3) is 6.86. The van der Waals surface area contributed by atoms with Crippen molar-refractivity contribution >= 4 is 29.9 Å². The summed E-state index contributed by atoms with van der Waals surface area (Å²) in [6, 6.07) is 0. The molecule has 0 radical (unpaired) electrons. The highest BCUT2D eigenvalue weighted by Crippen LogP contribution is 2.44. The van der Waals surface area contributed by atoms with Crippen LogP contribution in [0.4, 0.5) is 0 Å². The van der Waals surface area contributed by atoms with Crippen molar-refractivity contribution in [1.29, 1.82) is 0 Å². The standard InChI is InChI=1S/C19H37N3O2.HI/c1-4-20-17(21-15-18(7-5-8-18)11-13-23-2)22-16-19(9-6-10-19)12-14-24-3;/h4-16H2,1-3H3,(H2,20,21,22);1H. The molecule has 0 atom stereocenters. The van der Waals surface area contributed by atoms with Crippen LogP contribution in [0, 0.1) is 10.8 Å². The summed E-state index contributed by atoms with van der Waals surface area (Å²) in [5.41, 5.74) is 0.791. The number of methoxy groups -OCH3 is 2. The Hall–Kier alpha value is -0.0800. The Balaban J connectivity index is 0.00000312. The Morgan fingerprint density at radius 1 is 0.920 bits per heavy atom. The van der Waals surface area contributed by atoms with E-state index in [0.717, 1.165) is 51.6 Å². The van der Waals surface area contributed by atoms with E-state index in [0.29, 0.717) is 10.8 Å². The average molecular weight is 467 g/mol. The molecule has 0 amide bonds. The fraction of sp³-hybridized carbons (Fsp3) is 0.947. The summed E-state index contributed by atoms with van der Waals surface area (Å²) in [6.45, 7) is 6.66. The van der Waals surface area contributed by atoms with Crippen LogP contribution in [0.25, 0.3) is 0 Å². The van der Waals surface area contributed by atoms with Crippen molar-refractivity contribution in [3.8, 4) is 0 Å². The molecule has 0 aromatic heterocycles. The molecule has 2 fully saturated rings. The van der Waals surface area contributed by atoms with Gasteiger partial charge in [0.05, 0.1) is 0 Å². The van der Waals surface area contributed by atoms with E-state index < -0.39 is 0 Å². The van der Waals surface area contributed by atoms with Gasteiger partial charge >= 0.3 is 0 Å². The van der Waals surface area contributed by atoms with Gasteiger partial charge < -0.3 is 20.1 Å². The third-order valence-corrected chi connectivity index (χ3v) is 6.05. The summed E-state index contributed by atoms with van der Waals surface area (Å²) < 4.78 is 10.6. The minimum atomic E-state index is 0. The minimum Gasteiger partial charge on any atom is -0.385 e. The zero-order chi connectivity index (χ0) is 17.3. The summed E-state index contributed by atoms with van der Waals surface area (Å²) in [7, 11) is 3.59. The highest BCUT2D eigenvalue weighted by atomic mass is 127. The van der Waals surface area contributed by atoms with E-state index >= 15 is 0 Å². The Morgan fingerprint density at radius 3 is 1.92 bits per heavy atom. The number of rotatable bonds is 11. The van der Waals surface area contributed by atoms with Crippen LogP contribution in [0.15, 0.2) is 4.99 Å². The fourth-order valence-corrected chi connectivity index (χ4v) is 3.85. The lowest BCUT2D eigenvalue weighted by atomic mass is 9.66. The molecule has 0 aromatic carbocycles. The van der Waals surface area contributed by atoms with Crippen molar-refractivity contribution in [3.63, 3.8) is 0 Å². The molecule has 2 aliphatic rings. The van der Waals surface area contributed by atoms with E-state index in [2.05, 4.69) is 17.6 Å². The van der Waals surface area contributed by atoms with Gasteiger partial charge in [0.1, 0.15) is 0 Å². The van der Waals surface area contributed by atoms with Crippen LogP contribution in [0.5, 0.6) is 0 Å². The van der Waals surface area contributed by atoms with E-state index in [1.165, 1.54) is 38.5 Å². The third-order valence-electron chi connectivity index (χ3n) is 6.05. The summed E-state index contributed by atoms with van der Waals surface area (Å²) in [4.78, 5) is 4.91. The number of halogens is 1. The number of hydrogen-bond acceptors (Lipinski definition) is 3. The van der Waals surface area contributed by atoms with Gasteiger partial charge in [0.15, 0.2) is 5.96 Å². The molecular weight excluding hydrogens is 429 g/mol. The van der Waals surface area contributed by atoms with E-state index in [1.54, 1.807) is 14.2 Å². The summed E-state index contributed by atoms with van der Waals surface area (Å²) in [6.07, 6.45) is 10.1. The molecule has 0 unspecified atom stereocenters. The van der Waals surface area contributed by atoms with E-state index in [1.807, 2.05) is 0 Å². The highest BCUT2D eigenvalue weighted by Gasteiger charge is 2.37. The maximum atomic E-state index is 5.29. The van der Waals surface area contributed by atoms with Gasteiger partial charge in [0, 0.05) is 47.1 Å². The largest absolute Gasteiger partial charge is 0.385 e. The van der Waals surface area contributed by atoms with Gasteiger partial charge in [-0.3, -0.25) is 4.99 Å². The first kappa shape index (κ1) is 23.0. The zero-order valence-electron chi connectivity index (χ0n) is 16.4. The quantitative estimate of drug-likeness (QED) is 0.277. The number of guanidine groups is 1. The molecular formula is C19H38IN3O2. The van der Waals surface area contributed by atoms with Gasteiger partial charge in [-0.05, 0) is 56.3 Å². The van der Waals surface area contributed by atoms with Crippen LogP contribution in [-0.4, -0.2) is 53.0 Å². The smallest absolute Gasteiger partial charge is 0.191 e. The highest BCUT2D eigenvalue weighted by molar-refractivity contribution is 14.0. The predicted molar refractivity (Wildman–Crippen MR) is 115 cm³/mol. The molecule has 2 rings (SSSR count). The molecule has 6 heteroatoms. The molecule has 0 aromatic rings. The molecule has 148 valence electrons. The van der Waals surface area contributed by atoms with Crippen molar-refractivity contribution in [2.75, 3.05) is 47.1 Å². The number of hydrogen-bond donors (Lipinski definition) is 2. The van der Waals surface area contributed by atoms with Gasteiger partial charge in [-0.15, -0.1) is 24.0 Å². The lowest BCUT2D eigenvalue weighted by Gasteiger charge is -2.43. The van der Waals surface area contributed by atoms with E-state index in [-0.39, 0.29) is 24.0 Å². The predicted octanol–water partition coefficient (Wildman–Crippen LogP) is 3.57. The lowest BCUT2D eigenvalue weighted by molar-refractivity contribution is 0.0725. The van der Waals surface area contributed by atoms with Gasteiger partial charge in [-0.1, -0.05) is 12.8 Å². The second kappa shape index (κ2) is 11.6. The maximum Gasteiger partial charge on any atom is 0.191 e. The lowest BCUT2D eigenvalue weighted by Crippen LogP contribution is -2.47. The molecule has 0 bridgehead atoms. The number of nitrogens with one attached hydrogen (secondary N) is 2. The van der Waals surface area contributed by atoms with Crippen molar-refractivity contribution in [3.05, 3.63) is 0 Å². The van der Waals surface area contributed by atoms with E-state index in [4.69, 9.17) is 14.5 Å². The summed E-state index contributed by atoms with van der Waals surface area (Å²) >= 11 is 0. The second-order valence-electron chi connectivity index (χ2n) is 7.74. The van der Waals surface area contributed by atoms with Crippen LogP contribution in [0.2, 0.25) is 0 Å². The number of aliphatic imine (C=N–C) groups is 1. The first-order valence-electron chi connectivity index (χ1n) is 9.68. The zero-order valence-corrected chi connectivity index (χ0v) is 18.7. The fourth-order valence-electron chi connectivity index (χ4n) is 3.85. The van der Waals surface area contributed by atoms with Crippen molar-refractivity contribution in [2.24, 2.45) is 15.8 Å². The van der Waals surface area contributed by atoms with Gasteiger partial charge in [0.25, 0.3) is 0 Å². The van der Waals surface area contributed by atoms with Crippen LogP contribution < -0.4 is 10.6 Å². The Labute approximate surface area is 171 Å². The second-order valence-corrected chi connectivity index (χ2v) is 7.74. The van der Waals surface area contributed by atoms with Gasteiger partial charge in [-0.2, -0.15) is 0 Å². The van der Waals surface area contributed by atoms with Crippen molar-refractivity contribution in [2.45, 2.75) is 58.3 Å². The number of nitrogens with zero attached hydrogens (tertiary/aromatic N) is 1. The van der Waals surface area contributed by atoms with Crippen LogP contribution in [0.1, 0.15) is 58.3 Å². The first-order chi connectivity index (χ1) is 11.7. The first-order valence-corrected chi connectivity index (χ1v) is 9.68. The van der Waals surface area contributed by atoms with Crippen molar-refractivity contribution < 1.29 is 9.47 Å². The molecule has 5 nitrogen and oxygen atoms in total. The molecule has 0 heterocycles.